The van der Waals surface area contributed by atoms with Crippen LogP contribution < -0.4 is 9.47 Å². The Morgan fingerprint density at radius 3 is 2.48 bits per heavy atom. The fourth-order valence-corrected chi connectivity index (χ4v) is 2.18. The van der Waals surface area contributed by atoms with Gasteiger partial charge >= 0.3 is 0 Å². The third kappa shape index (κ3) is 3.28. The molecule has 0 aliphatic heterocycles. The summed E-state index contributed by atoms with van der Waals surface area (Å²) in [5.41, 5.74) is 3.16. The molecule has 0 amide bonds. The number of rotatable bonds is 5. The van der Waals surface area contributed by atoms with Crippen molar-refractivity contribution in [2.75, 3.05) is 14.2 Å². The van der Waals surface area contributed by atoms with Gasteiger partial charge in [-0.1, -0.05) is 0 Å². The molecule has 0 bridgehead atoms. The monoisotopic (exact) mass is 289 g/mol. The topological polar surface area (TPSA) is 77.4 Å². The summed E-state index contributed by atoms with van der Waals surface area (Å²) in [6.45, 7) is 3.87. The zero-order chi connectivity index (χ0) is 15.4. The minimum absolute atomic E-state index is 0.351. The van der Waals surface area contributed by atoms with E-state index < -0.39 is 6.10 Å². The van der Waals surface area contributed by atoms with Crippen molar-refractivity contribution in [3.05, 3.63) is 40.8 Å². The molecule has 2 aromatic rings. The molecule has 0 radical (unpaired) electrons. The van der Waals surface area contributed by atoms with Crippen LogP contribution >= 0.6 is 0 Å². The maximum atomic E-state index is 10.3. The van der Waals surface area contributed by atoms with E-state index in [-0.39, 0.29) is 0 Å². The molecule has 6 heteroatoms. The smallest absolute Gasteiger partial charge is 0.233 e. The summed E-state index contributed by atoms with van der Waals surface area (Å²) in [6.07, 6.45) is 1.32. The molecule has 0 spiro atoms. The van der Waals surface area contributed by atoms with Gasteiger partial charge in [0.25, 0.3) is 0 Å². The van der Waals surface area contributed by atoms with Gasteiger partial charge in [0, 0.05) is 35.5 Å². The molecule has 1 N–H and O–H groups in total. The molecule has 0 saturated heterocycles. The highest BCUT2D eigenvalue weighted by molar-refractivity contribution is 5.41. The van der Waals surface area contributed by atoms with Crippen LogP contribution in [0.3, 0.4) is 0 Å². The Morgan fingerprint density at radius 1 is 1.14 bits per heavy atom. The fourth-order valence-electron chi connectivity index (χ4n) is 2.18. The van der Waals surface area contributed by atoms with Gasteiger partial charge in [0.1, 0.15) is 11.9 Å². The molecule has 6 nitrogen and oxygen atoms in total. The second-order valence-electron chi connectivity index (χ2n) is 4.77. The van der Waals surface area contributed by atoms with Crippen LogP contribution in [-0.4, -0.2) is 34.5 Å². The highest BCUT2D eigenvalue weighted by Crippen LogP contribution is 2.26. The summed E-state index contributed by atoms with van der Waals surface area (Å²) in [5.74, 6) is 1.21. The average molecular weight is 289 g/mol. The predicted octanol–water partition coefficient (Wildman–Crippen LogP) is 1.78. The van der Waals surface area contributed by atoms with Gasteiger partial charge in [-0.25, -0.2) is 0 Å². The first kappa shape index (κ1) is 15.2. The first-order valence-corrected chi connectivity index (χ1v) is 6.61. The van der Waals surface area contributed by atoms with Crippen molar-refractivity contribution >= 4 is 0 Å². The zero-order valence-electron chi connectivity index (χ0n) is 12.6. The Hall–Kier alpha value is -2.21. The molecule has 0 saturated carbocycles. The lowest BCUT2D eigenvalue weighted by Crippen LogP contribution is -2.09. The van der Waals surface area contributed by atoms with E-state index in [1.54, 1.807) is 25.4 Å². The highest BCUT2D eigenvalue weighted by atomic mass is 16.5. The molecular weight excluding hydrogens is 270 g/mol. The maximum Gasteiger partial charge on any atom is 0.233 e. The Bertz CT molecular complexity index is 614. The Balaban J connectivity index is 2.20. The molecule has 0 aliphatic carbocycles. The number of hydrogen-bond acceptors (Lipinski definition) is 6. The van der Waals surface area contributed by atoms with Crippen LogP contribution in [0, 0.1) is 13.8 Å². The molecule has 1 unspecified atom stereocenters. The van der Waals surface area contributed by atoms with E-state index >= 15 is 0 Å². The first-order chi connectivity index (χ1) is 10.1. The molecule has 21 heavy (non-hydrogen) atoms. The van der Waals surface area contributed by atoms with Gasteiger partial charge < -0.3 is 14.6 Å². The number of aliphatic hydroxyl groups is 1. The Kier molecular flexibility index (Phi) is 4.70. The Morgan fingerprint density at radius 2 is 1.90 bits per heavy atom. The van der Waals surface area contributed by atoms with Gasteiger partial charge in [-0.3, -0.25) is 4.98 Å². The fraction of sp³-hybridized carbons (Fsp3) is 0.400. The van der Waals surface area contributed by atoms with Gasteiger partial charge in [0.05, 0.1) is 19.9 Å². The van der Waals surface area contributed by atoms with Crippen molar-refractivity contribution in [2.24, 2.45) is 0 Å². The lowest BCUT2D eigenvalue weighted by atomic mass is 10.0. The lowest BCUT2D eigenvalue weighted by molar-refractivity contribution is 0.170. The SMILES string of the molecule is COc1ccc(C(O)Cc2ncc(C)c(OC)c2C)nn1. The van der Waals surface area contributed by atoms with Crippen LogP contribution in [0.1, 0.15) is 28.6 Å². The molecule has 0 fully saturated rings. The van der Waals surface area contributed by atoms with E-state index in [0.717, 1.165) is 22.6 Å². The molecule has 1 atom stereocenters. The van der Waals surface area contributed by atoms with Crippen molar-refractivity contribution in [3.63, 3.8) is 0 Å². The quantitative estimate of drug-likeness (QED) is 0.904. The molecule has 2 rings (SSSR count). The highest BCUT2D eigenvalue weighted by Gasteiger charge is 2.16. The summed E-state index contributed by atoms with van der Waals surface area (Å²) < 4.78 is 10.3. The summed E-state index contributed by atoms with van der Waals surface area (Å²) >= 11 is 0. The van der Waals surface area contributed by atoms with Crippen LogP contribution in [0.4, 0.5) is 0 Å². The standard InChI is InChI=1S/C15H19N3O3/c1-9-8-16-12(10(2)15(9)21-4)7-13(19)11-5-6-14(20-3)18-17-11/h5-6,8,13,19H,7H2,1-4H3. The summed E-state index contributed by atoms with van der Waals surface area (Å²) in [5, 5.41) is 18.1. The number of nitrogens with zero attached hydrogens (tertiary/aromatic N) is 3. The number of hydrogen-bond donors (Lipinski definition) is 1. The zero-order valence-corrected chi connectivity index (χ0v) is 12.6. The Labute approximate surface area is 123 Å². The summed E-state index contributed by atoms with van der Waals surface area (Å²) in [7, 11) is 3.15. The van der Waals surface area contributed by atoms with E-state index in [2.05, 4.69) is 15.2 Å². The number of aliphatic hydroxyl groups excluding tert-OH is 1. The molecular formula is C15H19N3O3. The van der Waals surface area contributed by atoms with Crippen molar-refractivity contribution < 1.29 is 14.6 Å². The van der Waals surface area contributed by atoms with E-state index in [0.29, 0.717) is 18.0 Å². The van der Waals surface area contributed by atoms with Crippen LogP contribution in [0.5, 0.6) is 11.6 Å². The van der Waals surface area contributed by atoms with Gasteiger partial charge in [0.15, 0.2) is 0 Å². The van der Waals surface area contributed by atoms with Crippen LogP contribution in [-0.2, 0) is 6.42 Å². The van der Waals surface area contributed by atoms with Crippen LogP contribution in [0.25, 0.3) is 0 Å². The molecule has 0 aliphatic rings. The molecule has 2 aromatic heterocycles. The van der Waals surface area contributed by atoms with E-state index in [1.807, 2.05) is 13.8 Å². The van der Waals surface area contributed by atoms with E-state index in [4.69, 9.17) is 9.47 Å². The molecule has 0 aromatic carbocycles. The van der Waals surface area contributed by atoms with Gasteiger partial charge in [0.2, 0.25) is 5.88 Å². The second-order valence-corrected chi connectivity index (χ2v) is 4.77. The van der Waals surface area contributed by atoms with Crippen LogP contribution in [0.2, 0.25) is 0 Å². The summed E-state index contributed by atoms with van der Waals surface area (Å²) in [6, 6.07) is 3.36. The lowest BCUT2D eigenvalue weighted by Gasteiger charge is -2.14. The average Bonchev–Trinajstić information content (AvgIpc) is 2.50. The number of aromatic nitrogens is 3. The van der Waals surface area contributed by atoms with E-state index in [9.17, 15) is 5.11 Å². The molecule has 112 valence electrons. The van der Waals surface area contributed by atoms with Crippen molar-refractivity contribution in [1.29, 1.82) is 0 Å². The van der Waals surface area contributed by atoms with Gasteiger partial charge in [-0.2, -0.15) is 0 Å². The largest absolute Gasteiger partial charge is 0.496 e. The minimum Gasteiger partial charge on any atom is -0.496 e. The van der Waals surface area contributed by atoms with Crippen molar-refractivity contribution in [1.82, 2.24) is 15.2 Å². The van der Waals surface area contributed by atoms with Crippen molar-refractivity contribution in [2.45, 2.75) is 26.4 Å². The number of methoxy groups -OCH3 is 2. The summed E-state index contributed by atoms with van der Waals surface area (Å²) in [4.78, 5) is 4.37. The third-order valence-electron chi connectivity index (χ3n) is 3.35. The number of aryl methyl sites for hydroxylation is 1. The first-order valence-electron chi connectivity index (χ1n) is 6.61. The maximum absolute atomic E-state index is 10.3. The predicted molar refractivity (Wildman–Crippen MR) is 77.5 cm³/mol. The van der Waals surface area contributed by atoms with Gasteiger partial charge in [-0.15, -0.1) is 10.2 Å². The van der Waals surface area contributed by atoms with Crippen LogP contribution in [0.15, 0.2) is 18.3 Å². The normalized spacial score (nSPS) is 12.0. The third-order valence-corrected chi connectivity index (χ3v) is 3.35. The second kappa shape index (κ2) is 6.49. The molecule has 2 heterocycles. The minimum atomic E-state index is -0.776. The van der Waals surface area contributed by atoms with Crippen molar-refractivity contribution in [3.8, 4) is 11.6 Å². The van der Waals surface area contributed by atoms with E-state index in [1.165, 1.54) is 7.11 Å². The number of pyridine rings is 1. The van der Waals surface area contributed by atoms with Gasteiger partial charge in [-0.05, 0) is 19.9 Å². The number of ether oxygens (including phenoxy) is 2.